The maximum Gasteiger partial charge on any atom is 0.239 e. The van der Waals surface area contributed by atoms with E-state index in [2.05, 4.69) is 16.8 Å². The SMILES string of the molecule is C[C@H](C(=O)N(C)CCC1(O)CCCC1)N1CCN(C)CC1. The van der Waals surface area contributed by atoms with Gasteiger partial charge in [0.2, 0.25) is 5.91 Å². The van der Waals surface area contributed by atoms with E-state index in [0.29, 0.717) is 13.0 Å². The molecule has 0 aromatic rings. The Kier molecular flexibility index (Phi) is 5.63. The number of carbonyl (C=O) groups excluding carboxylic acids is 1. The molecule has 1 heterocycles. The number of carbonyl (C=O) groups is 1. The fraction of sp³-hybridized carbons (Fsp3) is 0.938. The Balaban J connectivity index is 1.78. The Morgan fingerprint density at radius 3 is 2.38 bits per heavy atom. The van der Waals surface area contributed by atoms with Crippen LogP contribution in [0.25, 0.3) is 0 Å². The van der Waals surface area contributed by atoms with E-state index in [0.717, 1.165) is 51.9 Å². The summed E-state index contributed by atoms with van der Waals surface area (Å²) in [5.74, 6) is 0.182. The molecule has 0 aromatic carbocycles. The van der Waals surface area contributed by atoms with E-state index < -0.39 is 5.60 Å². The maximum atomic E-state index is 12.5. The second kappa shape index (κ2) is 7.07. The van der Waals surface area contributed by atoms with Crippen LogP contribution in [0.4, 0.5) is 0 Å². The number of amides is 1. The van der Waals surface area contributed by atoms with Gasteiger partial charge in [-0.15, -0.1) is 0 Å². The first kappa shape index (κ1) is 16.7. The zero-order valence-corrected chi connectivity index (χ0v) is 13.8. The van der Waals surface area contributed by atoms with Crippen LogP contribution in [0, 0.1) is 0 Å². The van der Waals surface area contributed by atoms with Crippen LogP contribution >= 0.6 is 0 Å². The van der Waals surface area contributed by atoms with Gasteiger partial charge in [0.15, 0.2) is 0 Å². The topological polar surface area (TPSA) is 47.0 Å². The molecule has 2 aliphatic rings. The zero-order chi connectivity index (χ0) is 15.5. The summed E-state index contributed by atoms with van der Waals surface area (Å²) >= 11 is 0. The Labute approximate surface area is 128 Å². The van der Waals surface area contributed by atoms with Crippen LogP contribution in [-0.2, 0) is 4.79 Å². The van der Waals surface area contributed by atoms with Crippen LogP contribution in [0.5, 0.6) is 0 Å². The van der Waals surface area contributed by atoms with Gasteiger partial charge in [-0.1, -0.05) is 12.8 Å². The molecular formula is C16H31N3O2. The monoisotopic (exact) mass is 297 g/mol. The number of hydrogen-bond acceptors (Lipinski definition) is 4. The van der Waals surface area contributed by atoms with Gasteiger partial charge in [-0.25, -0.2) is 0 Å². The first-order valence-corrected chi connectivity index (χ1v) is 8.31. The second-order valence-electron chi connectivity index (χ2n) is 6.96. The van der Waals surface area contributed by atoms with Crippen molar-refractivity contribution in [2.45, 2.75) is 50.7 Å². The van der Waals surface area contributed by atoms with Crippen LogP contribution in [0.2, 0.25) is 0 Å². The molecule has 5 nitrogen and oxygen atoms in total. The lowest BCUT2D eigenvalue weighted by Crippen LogP contribution is -2.53. The standard InChI is InChI=1S/C16H31N3O2/c1-14(19-12-10-17(2)11-13-19)15(20)18(3)9-8-16(21)6-4-5-7-16/h14,21H,4-13H2,1-3H3/t14-/m1/s1. The molecule has 1 amide bonds. The lowest BCUT2D eigenvalue weighted by atomic mass is 9.98. The smallest absolute Gasteiger partial charge is 0.239 e. The van der Waals surface area contributed by atoms with Crippen molar-refractivity contribution in [1.29, 1.82) is 0 Å². The molecule has 1 atom stereocenters. The van der Waals surface area contributed by atoms with Crippen LogP contribution in [0.15, 0.2) is 0 Å². The molecule has 5 heteroatoms. The van der Waals surface area contributed by atoms with Gasteiger partial charge in [-0.2, -0.15) is 0 Å². The van der Waals surface area contributed by atoms with Crippen molar-refractivity contribution >= 4 is 5.91 Å². The molecule has 2 fully saturated rings. The van der Waals surface area contributed by atoms with E-state index in [1.165, 1.54) is 0 Å². The Morgan fingerprint density at radius 1 is 1.24 bits per heavy atom. The molecule has 1 N–H and O–H groups in total. The van der Waals surface area contributed by atoms with Crippen molar-refractivity contribution in [3.05, 3.63) is 0 Å². The number of piperazine rings is 1. The molecule has 122 valence electrons. The summed E-state index contributed by atoms with van der Waals surface area (Å²) in [5, 5.41) is 10.4. The van der Waals surface area contributed by atoms with Crippen LogP contribution < -0.4 is 0 Å². The first-order valence-electron chi connectivity index (χ1n) is 8.31. The summed E-state index contributed by atoms with van der Waals surface area (Å²) in [4.78, 5) is 18.9. The number of rotatable bonds is 5. The predicted molar refractivity (Wildman–Crippen MR) is 84.2 cm³/mol. The minimum atomic E-state index is -0.522. The van der Waals surface area contributed by atoms with Gasteiger partial charge in [0.25, 0.3) is 0 Å². The van der Waals surface area contributed by atoms with Crippen molar-refractivity contribution in [1.82, 2.24) is 14.7 Å². The minimum Gasteiger partial charge on any atom is -0.390 e. The summed E-state index contributed by atoms with van der Waals surface area (Å²) in [5.41, 5.74) is -0.522. The molecule has 1 saturated heterocycles. The Morgan fingerprint density at radius 2 is 1.81 bits per heavy atom. The lowest BCUT2D eigenvalue weighted by Gasteiger charge is -2.37. The molecule has 1 saturated carbocycles. The lowest BCUT2D eigenvalue weighted by molar-refractivity contribution is -0.136. The van der Waals surface area contributed by atoms with E-state index in [4.69, 9.17) is 0 Å². The van der Waals surface area contributed by atoms with Crippen molar-refractivity contribution < 1.29 is 9.90 Å². The van der Waals surface area contributed by atoms with Crippen LogP contribution in [0.3, 0.4) is 0 Å². The number of aliphatic hydroxyl groups is 1. The van der Waals surface area contributed by atoms with E-state index in [1.54, 1.807) is 4.90 Å². The van der Waals surface area contributed by atoms with Gasteiger partial charge in [0.05, 0.1) is 11.6 Å². The highest BCUT2D eigenvalue weighted by Crippen LogP contribution is 2.32. The highest BCUT2D eigenvalue weighted by molar-refractivity contribution is 5.81. The average Bonchev–Trinajstić information content (AvgIpc) is 2.91. The molecule has 2 rings (SSSR count). The summed E-state index contributed by atoms with van der Waals surface area (Å²) in [6, 6.07) is -0.0538. The van der Waals surface area contributed by atoms with Gasteiger partial charge in [0, 0.05) is 39.8 Å². The molecular weight excluding hydrogens is 266 g/mol. The summed E-state index contributed by atoms with van der Waals surface area (Å²) in [7, 11) is 3.99. The normalized spacial score (nSPS) is 25.0. The highest BCUT2D eigenvalue weighted by atomic mass is 16.3. The summed E-state index contributed by atoms with van der Waals surface area (Å²) in [6.07, 6.45) is 4.73. The van der Waals surface area contributed by atoms with E-state index in [1.807, 2.05) is 14.0 Å². The Bertz CT molecular complexity index is 347. The third kappa shape index (κ3) is 4.41. The number of nitrogens with zero attached hydrogens (tertiary/aromatic N) is 3. The largest absolute Gasteiger partial charge is 0.390 e. The average molecular weight is 297 g/mol. The van der Waals surface area contributed by atoms with Gasteiger partial charge in [-0.05, 0) is 33.2 Å². The Hall–Kier alpha value is -0.650. The van der Waals surface area contributed by atoms with E-state index in [9.17, 15) is 9.90 Å². The van der Waals surface area contributed by atoms with Crippen molar-refractivity contribution in [2.75, 3.05) is 46.8 Å². The number of likely N-dealkylation sites (N-methyl/N-ethyl adjacent to an activating group) is 2. The molecule has 0 spiro atoms. The molecule has 0 radical (unpaired) electrons. The fourth-order valence-corrected chi connectivity index (χ4v) is 3.45. The van der Waals surface area contributed by atoms with Gasteiger partial charge >= 0.3 is 0 Å². The minimum absolute atomic E-state index is 0.0538. The second-order valence-corrected chi connectivity index (χ2v) is 6.96. The van der Waals surface area contributed by atoms with Crippen molar-refractivity contribution in [3.8, 4) is 0 Å². The predicted octanol–water partition coefficient (Wildman–Crippen LogP) is 0.776. The van der Waals surface area contributed by atoms with Crippen molar-refractivity contribution in [2.24, 2.45) is 0 Å². The molecule has 0 bridgehead atoms. The maximum absolute atomic E-state index is 12.5. The molecule has 0 aromatic heterocycles. The van der Waals surface area contributed by atoms with Gasteiger partial charge in [0.1, 0.15) is 0 Å². The number of hydrogen-bond donors (Lipinski definition) is 1. The zero-order valence-electron chi connectivity index (χ0n) is 13.8. The first-order chi connectivity index (χ1) is 9.91. The van der Waals surface area contributed by atoms with Gasteiger partial charge < -0.3 is 14.9 Å². The van der Waals surface area contributed by atoms with Gasteiger partial charge in [-0.3, -0.25) is 9.69 Å². The molecule has 21 heavy (non-hydrogen) atoms. The van der Waals surface area contributed by atoms with E-state index in [-0.39, 0.29) is 11.9 Å². The molecule has 0 unspecified atom stereocenters. The quantitative estimate of drug-likeness (QED) is 0.814. The highest BCUT2D eigenvalue weighted by Gasteiger charge is 2.32. The van der Waals surface area contributed by atoms with Crippen LogP contribution in [-0.4, -0.2) is 84.2 Å². The summed E-state index contributed by atoms with van der Waals surface area (Å²) in [6.45, 7) is 6.65. The van der Waals surface area contributed by atoms with Crippen molar-refractivity contribution in [3.63, 3.8) is 0 Å². The molecule has 1 aliphatic heterocycles. The fourth-order valence-electron chi connectivity index (χ4n) is 3.45. The third-order valence-electron chi connectivity index (χ3n) is 5.27. The van der Waals surface area contributed by atoms with E-state index >= 15 is 0 Å². The summed E-state index contributed by atoms with van der Waals surface area (Å²) < 4.78 is 0. The van der Waals surface area contributed by atoms with Crippen LogP contribution in [0.1, 0.15) is 39.0 Å². The molecule has 1 aliphatic carbocycles. The third-order valence-corrected chi connectivity index (χ3v) is 5.27.